The Morgan fingerprint density at radius 1 is 1.08 bits per heavy atom. The predicted octanol–water partition coefficient (Wildman–Crippen LogP) is 5.24. The van der Waals surface area contributed by atoms with Crippen LogP contribution < -0.4 is 10.1 Å². The number of ether oxygens (including phenoxy) is 1. The minimum absolute atomic E-state index is 0.0360. The second-order valence-electron chi connectivity index (χ2n) is 5.76. The second-order valence-corrected chi connectivity index (χ2v) is 6.61. The Labute approximate surface area is 149 Å². The van der Waals surface area contributed by atoms with Gasteiger partial charge in [-0.25, -0.2) is 0 Å². The number of amides is 1. The van der Waals surface area contributed by atoms with E-state index in [9.17, 15) is 4.79 Å². The minimum Gasteiger partial charge on any atom is -0.482 e. The van der Waals surface area contributed by atoms with Crippen molar-refractivity contribution in [2.24, 2.45) is 0 Å². The molecule has 3 aromatic rings. The van der Waals surface area contributed by atoms with Gasteiger partial charge >= 0.3 is 0 Å². The average Bonchev–Trinajstić information content (AvgIpc) is 2.54. The van der Waals surface area contributed by atoms with Gasteiger partial charge in [0.25, 0.3) is 5.91 Å². The van der Waals surface area contributed by atoms with E-state index in [2.05, 4.69) is 21.2 Å². The van der Waals surface area contributed by atoms with Crippen molar-refractivity contribution in [2.75, 3.05) is 11.9 Å². The topological polar surface area (TPSA) is 38.3 Å². The number of nitrogens with one attached hydrogen (secondary N) is 1. The van der Waals surface area contributed by atoms with Crippen molar-refractivity contribution >= 4 is 38.3 Å². The monoisotopic (exact) mass is 383 g/mol. The zero-order chi connectivity index (χ0) is 17.1. The number of hydrogen-bond donors (Lipinski definition) is 1. The van der Waals surface area contributed by atoms with Crippen LogP contribution in [-0.2, 0) is 4.79 Å². The molecule has 122 valence electrons. The van der Waals surface area contributed by atoms with Crippen LogP contribution in [-0.4, -0.2) is 12.5 Å². The van der Waals surface area contributed by atoms with E-state index < -0.39 is 0 Å². The Morgan fingerprint density at radius 3 is 2.62 bits per heavy atom. The molecular weight excluding hydrogens is 366 g/mol. The molecule has 0 bridgehead atoms. The van der Waals surface area contributed by atoms with Gasteiger partial charge in [-0.15, -0.1) is 0 Å². The molecule has 1 amide bonds. The Bertz CT molecular complexity index is 877. The van der Waals surface area contributed by atoms with Crippen LogP contribution in [0.3, 0.4) is 0 Å². The van der Waals surface area contributed by atoms with Crippen LogP contribution >= 0.6 is 15.9 Å². The number of aryl methyl sites for hydroxylation is 2. The number of carbonyl (C=O) groups excluding carboxylic acids is 1. The third-order valence-electron chi connectivity index (χ3n) is 3.78. The number of rotatable bonds is 4. The van der Waals surface area contributed by atoms with Gasteiger partial charge in [-0.1, -0.05) is 42.5 Å². The van der Waals surface area contributed by atoms with E-state index in [1.54, 1.807) is 0 Å². The Balaban J connectivity index is 1.72. The molecule has 0 fully saturated rings. The van der Waals surface area contributed by atoms with Crippen LogP contribution in [0.25, 0.3) is 10.8 Å². The van der Waals surface area contributed by atoms with E-state index in [0.29, 0.717) is 5.75 Å². The molecule has 0 heterocycles. The fourth-order valence-electron chi connectivity index (χ4n) is 2.74. The summed E-state index contributed by atoms with van der Waals surface area (Å²) >= 11 is 3.49. The molecular formula is C20H18BrNO2. The van der Waals surface area contributed by atoms with Gasteiger partial charge in [0, 0.05) is 11.1 Å². The first-order valence-corrected chi connectivity index (χ1v) is 8.51. The average molecular weight is 384 g/mol. The number of anilines is 1. The molecule has 0 aliphatic rings. The van der Waals surface area contributed by atoms with Gasteiger partial charge in [0.2, 0.25) is 0 Å². The van der Waals surface area contributed by atoms with Crippen LogP contribution in [0, 0.1) is 13.8 Å². The van der Waals surface area contributed by atoms with Crippen molar-refractivity contribution in [3.63, 3.8) is 0 Å². The lowest BCUT2D eigenvalue weighted by Gasteiger charge is -2.13. The normalized spacial score (nSPS) is 10.6. The number of benzene rings is 3. The van der Waals surface area contributed by atoms with Gasteiger partial charge in [-0.3, -0.25) is 4.79 Å². The lowest BCUT2D eigenvalue weighted by Crippen LogP contribution is -2.20. The number of carbonyl (C=O) groups is 1. The summed E-state index contributed by atoms with van der Waals surface area (Å²) in [6.07, 6.45) is 0. The van der Waals surface area contributed by atoms with Crippen LogP contribution in [0.5, 0.6) is 5.75 Å². The number of halogens is 1. The molecule has 3 rings (SSSR count). The maximum atomic E-state index is 12.3. The maximum absolute atomic E-state index is 12.3. The predicted molar refractivity (Wildman–Crippen MR) is 102 cm³/mol. The summed E-state index contributed by atoms with van der Waals surface area (Å²) in [4.78, 5) is 12.3. The molecule has 1 N–H and O–H groups in total. The molecule has 24 heavy (non-hydrogen) atoms. The fraction of sp³-hybridized carbons (Fsp3) is 0.150. The van der Waals surface area contributed by atoms with Crippen LogP contribution in [0.2, 0.25) is 0 Å². The van der Waals surface area contributed by atoms with Crippen molar-refractivity contribution < 1.29 is 9.53 Å². The molecule has 0 radical (unpaired) electrons. The molecule has 0 atom stereocenters. The zero-order valence-electron chi connectivity index (χ0n) is 13.6. The largest absolute Gasteiger partial charge is 0.482 e. The maximum Gasteiger partial charge on any atom is 0.262 e. The van der Waals surface area contributed by atoms with Gasteiger partial charge < -0.3 is 10.1 Å². The van der Waals surface area contributed by atoms with E-state index in [0.717, 1.165) is 32.1 Å². The van der Waals surface area contributed by atoms with Gasteiger partial charge in [0.05, 0.1) is 4.47 Å². The highest BCUT2D eigenvalue weighted by atomic mass is 79.9. The van der Waals surface area contributed by atoms with E-state index in [1.807, 2.05) is 68.4 Å². The second kappa shape index (κ2) is 7.05. The molecule has 0 unspecified atom stereocenters. The summed E-state index contributed by atoms with van der Waals surface area (Å²) in [5, 5.41) is 5.03. The molecule has 3 nitrogen and oxygen atoms in total. The van der Waals surface area contributed by atoms with E-state index in [1.165, 1.54) is 0 Å². The lowest BCUT2D eigenvalue weighted by atomic mass is 10.1. The quantitative estimate of drug-likeness (QED) is 0.668. The molecule has 0 aliphatic carbocycles. The van der Waals surface area contributed by atoms with Crippen LogP contribution in [0.1, 0.15) is 11.1 Å². The molecule has 0 aromatic heterocycles. The smallest absolute Gasteiger partial charge is 0.262 e. The van der Waals surface area contributed by atoms with Gasteiger partial charge in [-0.05, 0) is 58.4 Å². The van der Waals surface area contributed by atoms with E-state index >= 15 is 0 Å². The Morgan fingerprint density at radius 2 is 1.83 bits per heavy atom. The van der Waals surface area contributed by atoms with Crippen LogP contribution in [0.15, 0.2) is 59.1 Å². The van der Waals surface area contributed by atoms with Crippen molar-refractivity contribution in [3.05, 3.63) is 70.2 Å². The Kier molecular flexibility index (Phi) is 4.86. The third kappa shape index (κ3) is 3.60. The van der Waals surface area contributed by atoms with Gasteiger partial charge in [-0.2, -0.15) is 0 Å². The van der Waals surface area contributed by atoms with E-state index in [-0.39, 0.29) is 12.5 Å². The summed E-state index contributed by atoms with van der Waals surface area (Å²) in [5.74, 6) is 0.520. The highest BCUT2D eigenvalue weighted by Crippen LogP contribution is 2.30. The Hall–Kier alpha value is -2.33. The summed E-state index contributed by atoms with van der Waals surface area (Å²) in [6.45, 7) is 3.95. The number of fused-ring (bicyclic) bond motifs is 1. The van der Waals surface area contributed by atoms with E-state index in [4.69, 9.17) is 4.74 Å². The molecule has 0 saturated carbocycles. The molecule has 4 heteroatoms. The van der Waals surface area contributed by atoms with Crippen LogP contribution in [0.4, 0.5) is 5.69 Å². The highest BCUT2D eigenvalue weighted by Gasteiger charge is 2.10. The fourth-order valence-corrected chi connectivity index (χ4v) is 3.53. The zero-order valence-corrected chi connectivity index (χ0v) is 15.2. The molecule has 3 aromatic carbocycles. The summed E-state index contributed by atoms with van der Waals surface area (Å²) < 4.78 is 6.57. The first-order valence-electron chi connectivity index (χ1n) is 7.72. The van der Waals surface area contributed by atoms with Gasteiger partial charge in [0.15, 0.2) is 6.61 Å². The first-order chi connectivity index (χ1) is 11.5. The minimum atomic E-state index is -0.182. The standard InChI is InChI=1S/C20H18BrNO2/c1-13-10-14(2)20(17(21)11-13)24-12-19(23)22-18-9-5-7-15-6-3-4-8-16(15)18/h3-11H,12H2,1-2H3,(H,22,23). The SMILES string of the molecule is Cc1cc(C)c(OCC(=O)Nc2cccc3ccccc23)c(Br)c1. The molecule has 0 spiro atoms. The van der Waals surface area contributed by atoms with Crippen molar-refractivity contribution in [3.8, 4) is 5.75 Å². The van der Waals surface area contributed by atoms with Crippen molar-refractivity contribution in [1.29, 1.82) is 0 Å². The molecule has 0 saturated heterocycles. The molecule has 0 aliphatic heterocycles. The summed E-state index contributed by atoms with van der Waals surface area (Å²) in [7, 11) is 0. The summed E-state index contributed by atoms with van der Waals surface area (Å²) in [6, 6.07) is 17.8. The lowest BCUT2D eigenvalue weighted by molar-refractivity contribution is -0.118. The van der Waals surface area contributed by atoms with Crippen molar-refractivity contribution in [2.45, 2.75) is 13.8 Å². The number of hydrogen-bond acceptors (Lipinski definition) is 2. The summed E-state index contributed by atoms with van der Waals surface area (Å²) in [5.41, 5.74) is 2.94. The van der Waals surface area contributed by atoms with Crippen molar-refractivity contribution in [1.82, 2.24) is 0 Å². The van der Waals surface area contributed by atoms with Gasteiger partial charge in [0.1, 0.15) is 5.75 Å². The third-order valence-corrected chi connectivity index (χ3v) is 4.37. The first kappa shape index (κ1) is 16.5. The highest BCUT2D eigenvalue weighted by molar-refractivity contribution is 9.10.